The van der Waals surface area contributed by atoms with Crippen LogP contribution in [0.2, 0.25) is 0 Å². The SMILES string of the molecule is C1CCC2OOCOC(C1)O2. The van der Waals surface area contributed by atoms with Gasteiger partial charge in [-0.2, -0.15) is 0 Å². The normalized spacial score (nSPS) is 39.3. The third kappa shape index (κ3) is 1.90. The van der Waals surface area contributed by atoms with E-state index >= 15 is 0 Å². The van der Waals surface area contributed by atoms with Gasteiger partial charge in [-0.15, -0.1) is 0 Å². The fraction of sp³-hybridized carbons (Fsp3) is 1.00. The molecule has 0 N–H and O–H groups in total. The second-order valence-electron chi connectivity index (χ2n) is 2.78. The van der Waals surface area contributed by atoms with Gasteiger partial charge in [0.1, 0.15) is 0 Å². The Morgan fingerprint density at radius 3 is 2.73 bits per heavy atom. The van der Waals surface area contributed by atoms with Crippen LogP contribution in [0.4, 0.5) is 0 Å². The van der Waals surface area contributed by atoms with Gasteiger partial charge in [-0.25, -0.2) is 9.78 Å². The van der Waals surface area contributed by atoms with Crippen molar-refractivity contribution in [1.82, 2.24) is 0 Å². The molecule has 0 saturated carbocycles. The molecule has 2 atom stereocenters. The van der Waals surface area contributed by atoms with E-state index in [0.29, 0.717) is 0 Å². The minimum Gasteiger partial charge on any atom is -0.323 e. The molecule has 2 aliphatic rings. The number of rotatable bonds is 0. The van der Waals surface area contributed by atoms with E-state index < -0.39 is 0 Å². The molecule has 0 aromatic rings. The fourth-order valence-corrected chi connectivity index (χ4v) is 1.33. The van der Waals surface area contributed by atoms with E-state index in [0.717, 1.165) is 25.7 Å². The minimum absolute atomic E-state index is 0.120. The molecule has 2 aliphatic heterocycles. The van der Waals surface area contributed by atoms with E-state index in [4.69, 9.17) is 19.2 Å². The summed E-state index contributed by atoms with van der Waals surface area (Å²) >= 11 is 0. The second kappa shape index (κ2) is 3.49. The summed E-state index contributed by atoms with van der Waals surface area (Å²) in [6.07, 6.45) is 3.77. The molecule has 64 valence electrons. The van der Waals surface area contributed by atoms with Gasteiger partial charge in [-0.3, -0.25) is 0 Å². The standard InChI is InChI=1S/C7H12O4/c1-2-4-7-10-6(3-1)8-5-9-11-7/h6-7H,1-5H2. The van der Waals surface area contributed by atoms with Gasteiger partial charge < -0.3 is 9.47 Å². The molecule has 2 fully saturated rings. The van der Waals surface area contributed by atoms with Crippen molar-refractivity contribution in [3.63, 3.8) is 0 Å². The van der Waals surface area contributed by atoms with Crippen molar-refractivity contribution >= 4 is 0 Å². The van der Waals surface area contributed by atoms with Gasteiger partial charge in [0.2, 0.25) is 0 Å². The lowest BCUT2D eigenvalue weighted by atomic mass is 10.2. The molecule has 0 aromatic heterocycles. The lowest BCUT2D eigenvalue weighted by Gasteiger charge is -2.13. The highest BCUT2D eigenvalue weighted by Crippen LogP contribution is 2.22. The van der Waals surface area contributed by atoms with E-state index in [-0.39, 0.29) is 19.4 Å². The number of hydrogen-bond donors (Lipinski definition) is 0. The van der Waals surface area contributed by atoms with Crippen LogP contribution >= 0.6 is 0 Å². The van der Waals surface area contributed by atoms with Crippen LogP contribution in [0.25, 0.3) is 0 Å². The zero-order chi connectivity index (χ0) is 7.52. The highest BCUT2D eigenvalue weighted by atomic mass is 17.3. The van der Waals surface area contributed by atoms with Crippen molar-refractivity contribution in [2.45, 2.75) is 38.3 Å². The molecule has 0 aliphatic carbocycles. The largest absolute Gasteiger partial charge is 0.323 e. The molecule has 4 heteroatoms. The van der Waals surface area contributed by atoms with Gasteiger partial charge in [0.25, 0.3) is 0 Å². The highest BCUT2D eigenvalue weighted by Gasteiger charge is 2.24. The molecule has 11 heavy (non-hydrogen) atoms. The molecule has 2 heterocycles. The Labute approximate surface area is 65.3 Å². The maximum Gasteiger partial charge on any atom is 0.194 e. The Morgan fingerprint density at radius 2 is 1.82 bits per heavy atom. The Kier molecular flexibility index (Phi) is 2.38. The van der Waals surface area contributed by atoms with Gasteiger partial charge >= 0.3 is 0 Å². The van der Waals surface area contributed by atoms with Gasteiger partial charge in [0.05, 0.1) is 0 Å². The van der Waals surface area contributed by atoms with Crippen molar-refractivity contribution in [2.75, 3.05) is 6.79 Å². The molecule has 0 aromatic carbocycles. The molecular weight excluding hydrogens is 148 g/mol. The molecule has 2 rings (SSSR count). The smallest absolute Gasteiger partial charge is 0.194 e. The monoisotopic (exact) mass is 160 g/mol. The van der Waals surface area contributed by atoms with Crippen molar-refractivity contribution in [3.05, 3.63) is 0 Å². The lowest BCUT2D eigenvalue weighted by molar-refractivity contribution is -0.371. The summed E-state index contributed by atoms with van der Waals surface area (Å²) in [4.78, 5) is 9.62. The van der Waals surface area contributed by atoms with Gasteiger partial charge in [0, 0.05) is 6.42 Å². The average Bonchev–Trinajstić information content (AvgIpc) is 2.36. The lowest BCUT2D eigenvalue weighted by Crippen LogP contribution is -2.19. The quantitative estimate of drug-likeness (QED) is 0.498. The molecule has 0 amide bonds. The molecule has 4 nitrogen and oxygen atoms in total. The Morgan fingerprint density at radius 1 is 1.00 bits per heavy atom. The molecule has 2 saturated heterocycles. The summed E-state index contributed by atoms with van der Waals surface area (Å²) in [5, 5.41) is 0. The van der Waals surface area contributed by atoms with E-state index in [1.807, 2.05) is 0 Å². The third-order valence-corrected chi connectivity index (χ3v) is 1.91. The zero-order valence-electron chi connectivity index (χ0n) is 6.32. The predicted molar refractivity (Wildman–Crippen MR) is 35.3 cm³/mol. The van der Waals surface area contributed by atoms with Crippen LogP contribution in [0.15, 0.2) is 0 Å². The van der Waals surface area contributed by atoms with Crippen LogP contribution in [0.5, 0.6) is 0 Å². The molecule has 2 bridgehead atoms. The topological polar surface area (TPSA) is 36.9 Å². The van der Waals surface area contributed by atoms with Crippen LogP contribution in [-0.2, 0) is 19.2 Å². The summed E-state index contributed by atoms with van der Waals surface area (Å²) in [5.74, 6) is 0. The Hall–Kier alpha value is -0.160. The molecule has 0 radical (unpaired) electrons. The summed E-state index contributed by atoms with van der Waals surface area (Å²) < 4.78 is 10.6. The first-order valence-electron chi connectivity index (χ1n) is 4.00. The van der Waals surface area contributed by atoms with E-state index in [1.165, 1.54) is 0 Å². The maximum absolute atomic E-state index is 5.40. The van der Waals surface area contributed by atoms with E-state index in [9.17, 15) is 0 Å². The Balaban J connectivity index is 1.96. The van der Waals surface area contributed by atoms with E-state index in [2.05, 4.69) is 0 Å². The maximum atomic E-state index is 5.40. The van der Waals surface area contributed by atoms with Gasteiger partial charge in [0.15, 0.2) is 19.4 Å². The van der Waals surface area contributed by atoms with Crippen LogP contribution in [-0.4, -0.2) is 19.4 Å². The van der Waals surface area contributed by atoms with Gasteiger partial charge in [-0.05, 0) is 19.3 Å². The first-order valence-corrected chi connectivity index (χ1v) is 4.00. The molecule has 2 unspecified atom stereocenters. The minimum atomic E-state index is -0.218. The van der Waals surface area contributed by atoms with Crippen molar-refractivity contribution in [3.8, 4) is 0 Å². The summed E-state index contributed by atoms with van der Waals surface area (Å²) in [6.45, 7) is 0.182. The van der Waals surface area contributed by atoms with Crippen molar-refractivity contribution < 1.29 is 19.2 Å². The first-order chi connectivity index (χ1) is 5.45. The molecular formula is C7H12O4. The van der Waals surface area contributed by atoms with Crippen LogP contribution < -0.4 is 0 Å². The average molecular weight is 160 g/mol. The fourth-order valence-electron chi connectivity index (χ4n) is 1.33. The molecule has 0 spiro atoms. The zero-order valence-corrected chi connectivity index (χ0v) is 6.32. The summed E-state index contributed by atoms with van der Waals surface area (Å²) in [6, 6.07) is 0. The van der Waals surface area contributed by atoms with Crippen molar-refractivity contribution in [2.24, 2.45) is 0 Å². The van der Waals surface area contributed by atoms with Gasteiger partial charge in [-0.1, -0.05) is 0 Å². The van der Waals surface area contributed by atoms with Crippen LogP contribution in [0, 0.1) is 0 Å². The van der Waals surface area contributed by atoms with Crippen LogP contribution in [0.1, 0.15) is 25.7 Å². The summed E-state index contributed by atoms with van der Waals surface area (Å²) in [7, 11) is 0. The van der Waals surface area contributed by atoms with Crippen LogP contribution in [0.3, 0.4) is 0 Å². The summed E-state index contributed by atoms with van der Waals surface area (Å²) in [5.41, 5.74) is 0. The first kappa shape index (κ1) is 7.49. The number of fused-ring (bicyclic) bond motifs is 2. The second-order valence-corrected chi connectivity index (χ2v) is 2.78. The Bertz CT molecular complexity index is 102. The predicted octanol–water partition coefficient (Wildman–Crippen LogP) is 1.17. The third-order valence-electron chi connectivity index (χ3n) is 1.91. The van der Waals surface area contributed by atoms with Crippen molar-refractivity contribution in [1.29, 1.82) is 0 Å². The van der Waals surface area contributed by atoms with E-state index in [1.54, 1.807) is 0 Å². The number of ether oxygens (including phenoxy) is 2. The highest BCUT2D eigenvalue weighted by molar-refractivity contribution is 4.57. The number of hydrogen-bond acceptors (Lipinski definition) is 4.